The van der Waals surface area contributed by atoms with Crippen LogP contribution in [0.15, 0.2) is 0 Å². The van der Waals surface area contributed by atoms with Crippen LogP contribution in [0.4, 0.5) is 0 Å². The highest BCUT2D eigenvalue weighted by atomic mass is 16.5. The van der Waals surface area contributed by atoms with Crippen LogP contribution in [0.5, 0.6) is 0 Å². The number of esters is 1. The van der Waals surface area contributed by atoms with Crippen LogP contribution in [0.3, 0.4) is 0 Å². The fraction of sp³-hybridized carbons (Fsp3) is 0.556. The molecule has 72 valence electrons. The first kappa shape index (κ1) is 9.77. The predicted octanol–water partition coefficient (Wildman–Crippen LogP) is 1.30. The van der Waals surface area contributed by atoms with Crippen molar-refractivity contribution in [3.8, 4) is 0 Å². The van der Waals surface area contributed by atoms with Crippen molar-refractivity contribution < 1.29 is 9.53 Å². The molecule has 0 aromatic carbocycles. The van der Waals surface area contributed by atoms with E-state index in [0.717, 1.165) is 17.0 Å². The second kappa shape index (κ2) is 3.60. The number of ether oxygens (including phenoxy) is 1. The normalized spacial score (nSPS) is 12.6. The van der Waals surface area contributed by atoms with Crippen molar-refractivity contribution in [3.05, 3.63) is 17.0 Å². The average molecular weight is 182 g/mol. The van der Waals surface area contributed by atoms with Gasteiger partial charge in [-0.25, -0.2) is 0 Å². The number of carbonyl (C=O) groups excluding carboxylic acids is 1. The van der Waals surface area contributed by atoms with Crippen LogP contribution in [0, 0.1) is 13.8 Å². The van der Waals surface area contributed by atoms with Gasteiger partial charge in [0.15, 0.2) is 0 Å². The van der Waals surface area contributed by atoms with E-state index >= 15 is 0 Å². The highest BCUT2D eigenvalue weighted by molar-refractivity contribution is 5.78. The molecule has 13 heavy (non-hydrogen) atoms. The Kier molecular flexibility index (Phi) is 2.70. The Morgan fingerprint density at radius 3 is 2.54 bits per heavy atom. The summed E-state index contributed by atoms with van der Waals surface area (Å²) in [7, 11) is 1.39. The highest BCUT2D eigenvalue weighted by Crippen LogP contribution is 2.21. The predicted molar refractivity (Wildman–Crippen MR) is 48.5 cm³/mol. The fourth-order valence-electron chi connectivity index (χ4n) is 1.49. The summed E-state index contributed by atoms with van der Waals surface area (Å²) in [4.78, 5) is 11.3. The third-order valence-corrected chi connectivity index (χ3v) is 2.17. The summed E-state index contributed by atoms with van der Waals surface area (Å²) in [6.07, 6.45) is 0. The molecule has 0 radical (unpaired) electrons. The van der Waals surface area contributed by atoms with Gasteiger partial charge in [-0.3, -0.25) is 9.89 Å². The number of hydrogen-bond acceptors (Lipinski definition) is 3. The average Bonchev–Trinajstić information content (AvgIpc) is 2.44. The molecular weight excluding hydrogens is 168 g/mol. The van der Waals surface area contributed by atoms with E-state index in [-0.39, 0.29) is 11.9 Å². The van der Waals surface area contributed by atoms with E-state index in [1.54, 1.807) is 0 Å². The quantitative estimate of drug-likeness (QED) is 0.701. The Morgan fingerprint density at radius 2 is 2.15 bits per heavy atom. The van der Waals surface area contributed by atoms with Crippen molar-refractivity contribution in [1.29, 1.82) is 0 Å². The maximum atomic E-state index is 11.3. The molecule has 4 heteroatoms. The molecule has 1 heterocycles. The zero-order valence-electron chi connectivity index (χ0n) is 8.34. The number of aromatic nitrogens is 2. The van der Waals surface area contributed by atoms with Gasteiger partial charge in [-0.05, 0) is 20.8 Å². The summed E-state index contributed by atoms with van der Waals surface area (Å²) in [5.41, 5.74) is 2.72. The van der Waals surface area contributed by atoms with Crippen LogP contribution in [0.1, 0.15) is 29.8 Å². The van der Waals surface area contributed by atoms with Crippen molar-refractivity contribution in [2.45, 2.75) is 26.7 Å². The number of nitrogens with zero attached hydrogens (tertiary/aromatic N) is 1. The molecule has 0 fully saturated rings. The minimum atomic E-state index is -0.247. The van der Waals surface area contributed by atoms with E-state index in [2.05, 4.69) is 14.9 Å². The lowest BCUT2D eigenvalue weighted by atomic mass is 10.00. The maximum absolute atomic E-state index is 11.3. The summed E-state index contributed by atoms with van der Waals surface area (Å²) in [5, 5.41) is 6.86. The number of nitrogens with one attached hydrogen (secondary N) is 1. The molecule has 0 aliphatic rings. The van der Waals surface area contributed by atoms with Crippen LogP contribution in [0.25, 0.3) is 0 Å². The van der Waals surface area contributed by atoms with E-state index in [4.69, 9.17) is 0 Å². The van der Waals surface area contributed by atoms with Gasteiger partial charge in [0, 0.05) is 11.3 Å². The van der Waals surface area contributed by atoms with Gasteiger partial charge in [0.2, 0.25) is 0 Å². The molecule has 1 N–H and O–H groups in total. The summed E-state index contributed by atoms with van der Waals surface area (Å²) in [6.45, 7) is 5.59. The zero-order valence-corrected chi connectivity index (χ0v) is 8.34. The molecule has 0 aliphatic heterocycles. The van der Waals surface area contributed by atoms with Gasteiger partial charge in [-0.1, -0.05) is 0 Å². The topological polar surface area (TPSA) is 55.0 Å². The lowest BCUT2D eigenvalue weighted by molar-refractivity contribution is -0.142. The van der Waals surface area contributed by atoms with Crippen LogP contribution in [0.2, 0.25) is 0 Å². The van der Waals surface area contributed by atoms with Gasteiger partial charge < -0.3 is 4.74 Å². The summed E-state index contributed by atoms with van der Waals surface area (Å²) in [6, 6.07) is 0. The number of hydrogen-bond donors (Lipinski definition) is 1. The number of rotatable bonds is 2. The molecule has 0 amide bonds. The second-order valence-electron chi connectivity index (χ2n) is 3.09. The molecule has 0 saturated heterocycles. The zero-order chi connectivity index (χ0) is 10.0. The van der Waals surface area contributed by atoms with E-state index in [1.807, 2.05) is 20.8 Å². The molecule has 4 nitrogen and oxygen atoms in total. The number of aryl methyl sites for hydroxylation is 2. The molecule has 0 saturated carbocycles. The molecule has 1 atom stereocenters. The maximum Gasteiger partial charge on any atom is 0.312 e. The van der Waals surface area contributed by atoms with Gasteiger partial charge in [0.05, 0.1) is 18.7 Å². The highest BCUT2D eigenvalue weighted by Gasteiger charge is 2.21. The Bertz CT molecular complexity index is 298. The first-order valence-electron chi connectivity index (χ1n) is 4.17. The largest absolute Gasteiger partial charge is 0.469 e. The lowest BCUT2D eigenvalue weighted by Crippen LogP contribution is -2.12. The van der Waals surface area contributed by atoms with Gasteiger partial charge in [0.25, 0.3) is 0 Å². The Hall–Kier alpha value is -1.32. The monoisotopic (exact) mass is 182 g/mol. The minimum Gasteiger partial charge on any atom is -0.469 e. The van der Waals surface area contributed by atoms with Crippen molar-refractivity contribution in [2.75, 3.05) is 7.11 Å². The van der Waals surface area contributed by atoms with Crippen LogP contribution >= 0.6 is 0 Å². The Balaban J connectivity index is 3.00. The molecule has 1 rings (SSSR count). The lowest BCUT2D eigenvalue weighted by Gasteiger charge is -2.08. The number of H-pyrrole nitrogens is 1. The third-order valence-electron chi connectivity index (χ3n) is 2.17. The van der Waals surface area contributed by atoms with E-state index in [9.17, 15) is 4.79 Å². The minimum absolute atomic E-state index is 0.229. The van der Waals surface area contributed by atoms with E-state index < -0.39 is 0 Å². The number of carbonyl (C=O) groups is 1. The molecule has 0 bridgehead atoms. The van der Waals surface area contributed by atoms with Crippen molar-refractivity contribution in [3.63, 3.8) is 0 Å². The van der Waals surface area contributed by atoms with E-state index in [0.29, 0.717) is 0 Å². The molecule has 1 aromatic rings. The first-order valence-corrected chi connectivity index (χ1v) is 4.17. The van der Waals surface area contributed by atoms with Crippen LogP contribution in [-0.2, 0) is 9.53 Å². The Labute approximate surface area is 77.3 Å². The summed E-state index contributed by atoms with van der Waals surface area (Å²) < 4.78 is 4.67. The van der Waals surface area contributed by atoms with Crippen LogP contribution < -0.4 is 0 Å². The summed E-state index contributed by atoms with van der Waals surface area (Å²) >= 11 is 0. The van der Waals surface area contributed by atoms with Crippen molar-refractivity contribution >= 4 is 5.97 Å². The first-order chi connectivity index (χ1) is 6.07. The summed E-state index contributed by atoms with van der Waals surface area (Å²) in [5.74, 6) is -0.476. The fourth-order valence-corrected chi connectivity index (χ4v) is 1.49. The molecule has 1 aromatic heterocycles. The van der Waals surface area contributed by atoms with E-state index in [1.165, 1.54) is 7.11 Å². The SMILES string of the molecule is COC(=O)C(C)c1c(C)n[nH]c1C. The van der Waals surface area contributed by atoms with Crippen molar-refractivity contribution in [1.82, 2.24) is 10.2 Å². The second-order valence-corrected chi connectivity index (χ2v) is 3.09. The number of aromatic amines is 1. The van der Waals surface area contributed by atoms with Gasteiger partial charge in [-0.2, -0.15) is 5.10 Å². The van der Waals surface area contributed by atoms with Gasteiger partial charge in [0.1, 0.15) is 0 Å². The van der Waals surface area contributed by atoms with Gasteiger partial charge >= 0.3 is 5.97 Å². The molecule has 1 unspecified atom stereocenters. The third kappa shape index (κ3) is 1.71. The Morgan fingerprint density at radius 1 is 1.54 bits per heavy atom. The molecule has 0 spiro atoms. The molecule has 0 aliphatic carbocycles. The molecular formula is C9H14N2O2. The number of methoxy groups -OCH3 is 1. The standard InChI is InChI=1S/C9H14N2O2/c1-5(9(12)13-4)8-6(2)10-11-7(8)3/h5H,1-4H3,(H,10,11). The van der Waals surface area contributed by atoms with Gasteiger partial charge in [-0.15, -0.1) is 0 Å². The van der Waals surface area contributed by atoms with Crippen LogP contribution in [-0.4, -0.2) is 23.3 Å². The smallest absolute Gasteiger partial charge is 0.312 e. The van der Waals surface area contributed by atoms with Crippen molar-refractivity contribution in [2.24, 2.45) is 0 Å².